The highest BCUT2D eigenvalue weighted by atomic mass is 79.9. The van der Waals surface area contributed by atoms with E-state index < -0.39 is 16.2 Å². The second kappa shape index (κ2) is 31.7. The third-order valence-electron chi connectivity index (χ3n) is 29.4. The number of fused-ring (bicyclic) bond motifs is 24. The van der Waals surface area contributed by atoms with Gasteiger partial charge in [-0.15, -0.1) is 22.7 Å². The number of ether oxygens (including phenoxy) is 4. The van der Waals surface area contributed by atoms with Gasteiger partial charge in [0.15, 0.2) is 0 Å². The lowest BCUT2D eigenvalue weighted by Gasteiger charge is -2.34. The lowest BCUT2D eigenvalue weighted by Crippen LogP contribution is -2.28. The summed E-state index contributed by atoms with van der Waals surface area (Å²) in [5, 5.41) is 8.56. The van der Waals surface area contributed by atoms with E-state index in [9.17, 15) is 0 Å². The third kappa shape index (κ3) is 12.2. The first-order valence-electron chi connectivity index (χ1n) is 45.4. The highest BCUT2D eigenvalue weighted by Gasteiger charge is 2.51. The number of methoxy groups -OCH3 is 3. The van der Waals surface area contributed by atoms with E-state index in [1.165, 1.54) is 50.1 Å². The molecule has 0 N–H and O–H groups in total. The van der Waals surface area contributed by atoms with Crippen molar-refractivity contribution in [3.8, 4) is 98.1 Å². The summed E-state index contributed by atoms with van der Waals surface area (Å²) in [4.78, 5) is 28.3. The highest BCUT2D eigenvalue weighted by molar-refractivity contribution is 9.11. The first kappa shape index (κ1) is 83.5. The summed E-state index contributed by atoms with van der Waals surface area (Å²) in [6.45, 7) is 13.9. The average molecular weight is 2040 g/mol. The quantitative estimate of drug-likeness (QED) is 0.0884. The molecule has 4 aliphatic rings. The summed E-state index contributed by atoms with van der Waals surface area (Å²) >= 11 is 19.2. The smallest absolute Gasteiger partial charge is 0.119 e. The van der Waals surface area contributed by atoms with Crippen LogP contribution in [-0.2, 0) is 21.7 Å². The summed E-state index contributed by atoms with van der Waals surface area (Å²) in [6, 6.07) is 116. The van der Waals surface area contributed by atoms with Crippen LogP contribution in [0.3, 0.4) is 0 Å². The molecule has 0 bridgehead atoms. The van der Waals surface area contributed by atoms with Gasteiger partial charge in [-0.2, -0.15) is 0 Å². The Kier molecular flexibility index (Phi) is 19.6. The van der Waals surface area contributed by atoms with Crippen LogP contribution in [0.2, 0.25) is 0 Å². The fourth-order valence-corrected chi connectivity index (χ4v) is 27.4. The van der Waals surface area contributed by atoms with Crippen LogP contribution in [-0.4, -0.2) is 47.9 Å². The second-order valence-corrected chi connectivity index (χ2v) is 42.1. The lowest BCUT2D eigenvalue weighted by molar-refractivity contribution is 0.282. The molecule has 8 nitrogen and oxygen atoms in total. The topological polar surface area (TPSA) is 88.5 Å². The van der Waals surface area contributed by atoms with Crippen LogP contribution >= 0.6 is 86.4 Å². The summed E-state index contributed by atoms with van der Waals surface area (Å²) in [5.74, 6) is 3.13. The first-order valence-corrected chi connectivity index (χ1v) is 50.2. The molecule has 0 spiro atoms. The largest absolute Gasteiger partial charge is 0.497 e. The Balaban J connectivity index is 0.631. The van der Waals surface area contributed by atoms with Gasteiger partial charge in [0.05, 0.1) is 80.3 Å². The maximum absolute atomic E-state index is 7.22. The normalized spacial score (nSPS) is 16.4. The van der Waals surface area contributed by atoms with Crippen LogP contribution in [0.1, 0.15) is 101 Å². The molecule has 21 aromatic rings. The molecule has 17 aromatic carbocycles. The Bertz CT molecular complexity index is 8750. The predicted octanol–water partition coefficient (Wildman–Crippen LogP) is 33.6. The van der Waals surface area contributed by atoms with Gasteiger partial charge in [-0.3, -0.25) is 0 Å². The molecule has 0 aliphatic heterocycles. The molecule has 0 amide bonds. The maximum atomic E-state index is 7.22. The van der Waals surface area contributed by atoms with Gasteiger partial charge >= 0.3 is 0 Å². The molecule has 135 heavy (non-hydrogen) atoms. The average Bonchev–Trinajstić information content (AvgIpc) is 1.52. The Morgan fingerprint density at radius 3 is 0.970 bits per heavy atom. The Labute approximate surface area is 822 Å². The number of nitrogens with zero attached hydrogens (tertiary/aromatic N) is 4. The Morgan fingerprint density at radius 2 is 0.615 bits per heavy atom. The number of hydrogen-bond donors (Lipinski definition) is 0. The minimum Gasteiger partial charge on any atom is -0.497 e. The van der Waals surface area contributed by atoms with E-state index in [1.807, 2.05) is 17.4 Å². The van der Waals surface area contributed by atoms with Gasteiger partial charge in [-0.05, 0) is 243 Å². The van der Waals surface area contributed by atoms with Gasteiger partial charge in [-0.1, -0.05) is 328 Å². The van der Waals surface area contributed by atoms with Crippen LogP contribution in [0.4, 0.5) is 0 Å². The van der Waals surface area contributed by atoms with Gasteiger partial charge in [0, 0.05) is 72.5 Å². The van der Waals surface area contributed by atoms with E-state index in [-0.39, 0.29) is 5.41 Å². The maximum Gasteiger partial charge on any atom is 0.119 e. The van der Waals surface area contributed by atoms with Gasteiger partial charge < -0.3 is 18.9 Å². The van der Waals surface area contributed by atoms with Gasteiger partial charge in [0.25, 0.3) is 0 Å². The Morgan fingerprint density at radius 1 is 0.311 bits per heavy atom. The van der Waals surface area contributed by atoms with Crippen molar-refractivity contribution in [3.63, 3.8) is 0 Å². The SMILES string of the molecule is C=C/C=C1\C(=C/C)c2c(-c3sc(-c4cccc5c4-c4ccccc4C5(C)CCOc4ccc(C5(c6ccc(OC)cc6)c6ccccc6-c6c(-c7sc(-c8cccc9c8-c8ccccc8C9(c8ccc(OC)cc8)c8ccc(OC)cc8)c8nc9c%10cc(Br)ccc%10c%10ccc(Br)cc%10c9nc78)cccc65)cc4)c4nc5c6cc(Br)ccc6c6ccc(Br)cc6c5nc34)cccc2C1(C)C. The molecule has 4 heterocycles. The molecule has 4 aromatic heterocycles. The molecule has 650 valence electrons. The van der Waals surface area contributed by atoms with Crippen LogP contribution in [0, 0.1) is 0 Å². The summed E-state index contributed by atoms with van der Waals surface area (Å²) in [5.41, 5.74) is 32.3. The number of rotatable bonds is 16. The zero-order valence-corrected chi connectivity index (χ0v) is 82.6. The van der Waals surface area contributed by atoms with Gasteiger partial charge in [0.1, 0.15) is 45.1 Å². The molecular formula is C121H82Br4N4O4S2. The van der Waals surface area contributed by atoms with E-state index in [0.717, 1.165) is 231 Å². The van der Waals surface area contributed by atoms with Crippen molar-refractivity contribution in [1.82, 2.24) is 19.9 Å². The number of aromatic nitrogens is 4. The van der Waals surface area contributed by atoms with Crippen molar-refractivity contribution in [2.24, 2.45) is 0 Å². The van der Waals surface area contributed by atoms with E-state index >= 15 is 0 Å². The van der Waals surface area contributed by atoms with Crippen LogP contribution in [0.25, 0.3) is 168 Å². The number of thiophene rings is 2. The third-order valence-corrected chi connectivity index (χ3v) is 33.9. The number of benzene rings is 17. The molecule has 0 fully saturated rings. The van der Waals surface area contributed by atoms with Gasteiger partial charge in [-0.25, -0.2) is 19.9 Å². The molecule has 0 radical (unpaired) electrons. The Hall–Kier alpha value is -13.3. The lowest BCUT2D eigenvalue weighted by atomic mass is 9.67. The summed E-state index contributed by atoms with van der Waals surface area (Å²) < 4.78 is 28.8. The molecule has 2 unspecified atom stereocenters. The zero-order valence-electron chi connectivity index (χ0n) is 74.6. The van der Waals surface area contributed by atoms with Crippen molar-refractivity contribution < 1.29 is 18.9 Å². The zero-order chi connectivity index (χ0) is 91.4. The second-order valence-electron chi connectivity index (χ2n) is 36.3. The summed E-state index contributed by atoms with van der Waals surface area (Å²) in [7, 11) is 5.19. The first-order chi connectivity index (χ1) is 66.0. The number of allylic oxidation sites excluding steroid dienone is 5. The molecular weight excluding hydrogens is 1960 g/mol. The standard InChI is InChI=1S/C121H82Br4N4O4S2/c1-9-21-94-78(10-2)102-86(25-17-32-98(102)118(94,3)4)114-110-111(127-107-91-63-71(123)45-57-80(91)79-56-44-70(122)62-90(79)106(107)126-110)115(134-114)87-26-18-33-99-103(87)83-22-11-14-29-95(83)119(99,5)60-61-133-77-54-42-69(43-55-77)121(68-40-52-76(132-8)53-41-68)97-31-16-13-24-85(97)105-89(28-20-35-101(105)121)117-113-112(128-108-92-64-72(124)46-58-81(92)82-59-47-73(125)65-93(82)109(108)129-113)116(135-117)88-27-19-34-100-104(88)84-23-12-15-30-96(84)120(100,66-36-48-74(130-6)49-37-66)67-38-50-75(131-7)51-39-67/h9-59,62-65H,1,60-61H2,2-8H3/b78-10+,94-21+. The van der Waals surface area contributed by atoms with E-state index in [0.29, 0.717) is 13.0 Å². The van der Waals surface area contributed by atoms with E-state index in [4.69, 9.17) is 38.9 Å². The minimum atomic E-state index is -0.849. The molecule has 0 saturated carbocycles. The molecule has 25 rings (SSSR count). The van der Waals surface area contributed by atoms with E-state index in [1.54, 1.807) is 32.7 Å². The summed E-state index contributed by atoms with van der Waals surface area (Å²) in [6.07, 6.45) is 7.09. The fourth-order valence-electron chi connectivity index (χ4n) is 23.5. The molecule has 0 saturated heterocycles. The minimum absolute atomic E-state index is 0.277. The van der Waals surface area contributed by atoms with E-state index in [2.05, 4.69) is 426 Å². The fraction of sp³-hybridized carbons (Fsp3) is 0.107. The number of hydrogen-bond acceptors (Lipinski definition) is 10. The van der Waals surface area contributed by atoms with Crippen molar-refractivity contribution in [3.05, 3.63) is 430 Å². The van der Waals surface area contributed by atoms with Crippen molar-refractivity contribution in [1.29, 1.82) is 0 Å². The molecule has 2 atom stereocenters. The van der Waals surface area contributed by atoms with Gasteiger partial charge in [0.2, 0.25) is 0 Å². The van der Waals surface area contributed by atoms with Crippen LogP contribution < -0.4 is 18.9 Å². The highest BCUT2D eigenvalue weighted by Crippen LogP contribution is 2.65. The number of halogens is 4. The molecule has 4 aliphatic carbocycles. The monoisotopic (exact) mass is 2030 g/mol. The van der Waals surface area contributed by atoms with Crippen molar-refractivity contribution >= 4 is 179 Å². The van der Waals surface area contributed by atoms with Crippen LogP contribution in [0.15, 0.2) is 364 Å². The van der Waals surface area contributed by atoms with Crippen molar-refractivity contribution in [2.75, 3.05) is 27.9 Å². The van der Waals surface area contributed by atoms with Crippen LogP contribution in [0.5, 0.6) is 23.0 Å². The predicted molar refractivity (Wildman–Crippen MR) is 574 cm³/mol. The van der Waals surface area contributed by atoms with Crippen molar-refractivity contribution in [2.45, 2.75) is 55.8 Å². The molecule has 14 heteroatoms.